The highest BCUT2D eigenvalue weighted by atomic mass is 32.2. The first kappa shape index (κ1) is 21.0. The molecule has 0 bridgehead atoms. The number of aromatic nitrogens is 3. The lowest BCUT2D eigenvalue weighted by atomic mass is 9.86. The Morgan fingerprint density at radius 3 is 2.67 bits per heavy atom. The van der Waals surface area contributed by atoms with Crippen molar-refractivity contribution in [3.63, 3.8) is 0 Å². The summed E-state index contributed by atoms with van der Waals surface area (Å²) < 4.78 is 5.06. The number of fused-ring (bicyclic) bond motifs is 1. The highest BCUT2D eigenvalue weighted by Gasteiger charge is 2.26. The van der Waals surface area contributed by atoms with Crippen LogP contribution in [0.3, 0.4) is 0 Å². The molecule has 1 saturated carbocycles. The maximum absolute atomic E-state index is 5.06. The van der Waals surface area contributed by atoms with E-state index >= 15 is 0 Å². The fourth-order valence-electron chi connectivity index (χ4n) is 4.49. The third-order valence-electron chi connectivity index (χ3n) is 6.31. The molecule has 0 spiro atoms. The molecule has 1 N–H and O–H groups in total. The topological polar surface area (TPSA) is 57.2 Å². The van der Waals surface area contributed by atoms with Crippen molar-refractivity contribution in [2.75, 3.05) is 30.0 Å². The van der Waals surface area contributed by atoms with E-state index in [0.717, 1.165) is 35.7 Å². The van der Waals surface area contributed by atoms with Crippen LogP contribution in [0.4, 0.5) is 5.82 Å². The van der Waals surface area contributed by atoms with Crippen LogP contribution in [0.5, 0.6) is 0 Å². The van der Waals surface area contributed by atoms with Crippen LogP contribution in [-0.4, -0.2) is 46.1 Å². The number of rotatable bonds is 8. The van der Waals surface area contributed by atoms with E-state index in [1.807, 2.05) is 6.20 Å². The van der Waals surface area contributed by atoms with E-state index in [-0.39, 0.29) is 10.7 Å². The molecule has 3 aromatic rings. The van der Waals surface area contributed by atoms with Crippen LogP contribution in [-0.2, 0) is 17.1 Å². The molecule has 1 fully saturated rings. The van der Waals surface area contributed by atoms with E-state index in [4.69, 9.17) is 4.36 Å². The predicted molar refractivity (Wildman–Crippen MR) is 128 cm³/mol. The van der Waals surface area contributed by atoms with Gasteiger partial charge in [-0.1, -0.05) is 37.3 Å². The van der Waals surface area contributed by atoms with E-state index in [0.29, 0.717) is 6.04 Å². The van der Waals surface area contributed by atoms with Crippen molar-refractivity contribution in [3.05, 3.63) is 54.5 Å². The molecule has 2 heterocycles. The van der Waals surface area contributed by atoms with Crippen LogP contribution < -0.4 is 4.90 Å². The van der Waals surface area contributed by atoms with Gasteiger partial charge in [0, 0.05) is 37.3 Å². The first-order chi connectivity index (χ1) is 14.7. The fraction of sp³-hybridized carbons (Fsp3) is 0.500. The van der Waals surface area contributed by atoms with Crippen LogP contribution in [0.2, 0.25) is 0 Å². The van der Waals surface area contributed by atoms with Crippen molar-refractivity contribution in [1.29, 1.82) is 0 Å². The van der Waals surface area contributed by atoms with Gasteiger partial charge in [-0.3, -0.25) is 4.36 Å². The summed E-state index contributed by atoms with van der Waals surface area (Å²) in [5.41, 5.74) is 2.32. The second kappa shape index (κ2) is 10.2. The molecule has 160 valence electrons. The monoisotopic (exact) mass is 423 g/mol. The molecule has 1 atom stereocenters. The smallest absolute Gasteiger partial charge is 0.142 e. The van der Waals surface area contributed by atoms with E-state index < -0.39 is 0 Å². The van der Waals surface area contributed by atoms with Gasteiger partial charge < -0.3 is 9.88 Å². The summed E-state index contributed by atoms with van der Waals surface area (Å²) >= 11 is 0. The number of nitrogens with one attached hydrogen (secondary N) is 1. The highest BCUT2D eigenvalue weighted by Crippen LogP contribution is 2.32. The number of anilines is 1. The van der Waals surface area contributed by atoms with E-state index in [2.05, 4.69) is 70.2 Å². The molecule has 6 heteroatoms. The highest BCUT2D eigenvalue weighted by molar-refractivity contribution is 7.87. The van der Waals surface area contributed by atoms with Gasteiger partial charge in [-0.25, -0.2) is 9.97 Å². The van der Waals surface area contributed by atoms with Crippen molar-refractivity contribution in [2.45, 2.75) is 45.1 Å². The molecule has 0 aliphatic heterocycles. The predicted octanol–water partition coefficient (Wildman–Crippen LogP) is 5.02. The Hall–Kier alpha value is -2.21. The summed E-state index contributed by atoms with van der Waals surface area (Å²) in [6.07, 6.45) is 9.75. The molecule has 1 aromatic carbocycles. The SMILES string of the molecule is CCS(CC1CCC(N(C)c2ncnc3[nH]ccc23)CC1)=NCCc1ccccc1. The van der Waals surface area contributed by atoms with E-state index in [1.54, 1.807) is 6.33 Å². The number of hydrogen-bond donors (Lipinski definition) is 1. The van der Waals surface area contributed by atoms with Crippen molar-refractivity contribution in [2.24, 2.45) is 10.3 Å². The summed E-state index contributed by atoms with van der Waals surface area (Å²) in [4.78, 5) is 14.5. The molecule has 1 aliphatic carbocycles. The normalized spacial score (nSPS) is 20.5. The molecule has 5 nitrogen and oxygen atoms in total. The van der Waals surface area contributed by atoms with Gasteiger partial charge in [0.25, 0.3) is 0 Å². The first-order valence-electron chi connectivity index (χ1n) is 11.1. The molecule has 0 radical (unpaired) electrons. The van der Waals surface area contributed by atoms with Crippen LogP contribution in [0.25, 0.3) is 11.0 Å². The van der Waals surface area contributed by atoms with Gasteiger partial charge in [0.2, 0.25) is 0 Å². The Morgan fingerprint density at radius 1 is 1.10 bits per heavy atom. The van der Waals surface area contributed by atoms with E-state index in [1.165, 1.54) is 42.8 Å². The Balaban J connectivity index is 1.29. The second-order valence-corrected chi connectivity index (χ2v) is 10.3. The zero-order valence-electron chi connectivity index (χ0n) is 18.1. The first-order valence-corrected chi connectivity index (χ1v) is 12.7. The average molecular weight is 424 g/mol. The molecule has 1 unspecified atom stereocenters. The van der Waals surface area contributed by atoms with Gasteiger partial charge in [0.05, 0.1) is 5.39 Å². The molecule has 4 rings (SSSR count). The number of hydrogen-bond acceptors (Lipinski definition) is 4. The van der Waals surface area contributed by atoms with Gasteiger partial charge in [-0.15, -0.1) is 10.7 Å². The van der Waals surface area contributed by atoms with Crippen molar-refractivity contribution < 1.29 is 0 Å². The quantitative estimate of drug-likeness (QED) is 0.554. The average Bonchev–Trinajstić information content (AvgIpc) is 3.28. The standard InChI is InChI=1S/C24H33N5S/c1-3-30(28-16-13-19-7-5-4-6-8-19)17-20-9-11-21(12-10-20)29(2)24-22-14-15-25-23(22)26-18-27-24/h4-8,14-15,18,20-21H,3,9-13,16-17H2,1-2H3,(H,25,26,27). The molecular weight excluding hydrogens is 390 g/mol. The molecule has 2 aromatic heterocycles. The largest absolute Gasteiger partial charge is 0.356 e. The van der Waals surface area contributed by atoms with Crippen LogP contribution in [0.1, 0.15) is 38.2 Å². The van der Waals surface area contributed by atoms with Gasteiger partial charge in [-0.2, -0.15) is 0 Å². The van der Waals surface area contributed by atoms with Crippen molar-refractivity contribution in [3.8, 4) is 0 Å². The summed E-state index contributed by atoms with van der Waals surface area (Å²) in [7, 11) is 2.40. The Morgan fingerprint density at radius 2 is 1.90 bits per heavy atom. The summed E-state index contributed by atoms with van der Waals surface area (Å²) in [6.45, 7) is 3.26. The minimum Gasteiger partial charge on any atom is -0.356 e. The van der Waals surface area contributed by atoms with Crippen LogP contribution >= 0.6 is 0 Å². The number of H-pyrrole nitrogens is 1. The molecule has 0 saturated heterocycles. The molecule has 30 heavy (non-hydrogen) atoms. The maximum atomic E-state index is 5.06. The zero-order valence-corrected chi connectivity index (χ0v) is 18.9. The van der Waals surface area contributed by atoms with Gasteiger partial charge in [0.15, 0.2) is 0 Å². The lowest BCUT2D eigenvalue weighted by Gasteiger charge is -2.35. The number of nitrogens with zero attached hydrogens (tertiary/aromatic N) is 4. The number of aromatic amines is 1. The van der Waals surface area contributed by atoms with Crippen molar-refractivity contribution in [1.82, 2.24) is 15.0 Å². The third kappa shape index (κ3) is 5.09. The Bertz CT molecular complexity index is 960. The second-order valence-electron chi connectivity index (χ2n) is 8.23. The minimum absolute atomic E-state index is 0.213. The third-order valence-corrected chi connectivity index (χ3v) is 8.38. The van der Waals surface area contributed by atoms with Gasteiger partial charge in [-0.05, 0) is 49.7 Å². The van der Waals surface area contributed by atoms with E-state index in [9.17, 15) is 0 Å². The lowest BCUT2D eigenvalue weighted by molar-refractivity contribution is 0.344. The maximum Gasteiger partial charge on any atom is 0.142 e. The van der Waals surface area contributed by atoms with Crippen LogP contribution in [0.15, 0.2) is 53.3 Å². The summed E-state index contributed by atoms with van der Waals surface area (Å²) in [5.74, 6) is 4.32. The number of benzene rings is 1. The Labute approximate surface area is 182 Å². The summed E-state index contributed by atoms with van der Waals surface area (Å²) in [6, 6.07) is 13.4. The fourth-order valence-corrected chi connectivity index (χ4v) is 6.24. The lowest BCUT2D eigenvalue weighted by Crippen LogP contribution is -2.36. The van der Waals surface area contributed by atoms with Crippen molar-refractivity contribution >= 4 is 27.5 Å². The van der Waals surface area contributed by atoms with Gasteiger partial charge in [0.1, 0.15) is 17.8 Å². The molecular formula is C24H33N5S. The molecule has 0 amide bonds. The van der Waals surface area contributed by atoms with Gasteiger partial charge >= 0.3 is 0 Å². The Kier molecular flexibility index (Phi) is 7.16. The van der Waals surface area contributed by atoms with Crippen LogP contribution in [0, 0.1) is 5.92 Å². The summed E-state index contributed by atoms with van der Waals surface area (Å²) in [5, 5.41) is 1.12. The minimum atomic E-state index is 0.213. The zero-order chi connectivity index (χ0) is 20.8. The molecule has 1 aliphatic rings.